The van der Waals surface area contributed by atoms with Crippen LogP contribution in [0.3, 0.4) is 0 Å². The molecule has 0 aliphatic carbocycles. The molecular weight excluding hydrogens is 192 g/mol. The minimum Gasteiger partial charge on any atom is -0.329 e. The van der Waals surface area contributed by atoms with Gasteiger partial charge >= 0.3 is 0 Å². The van der Waals surface area contributed by atoms with Gasteiger partial charge in [-0.05, 0) is 24.8 Å². The number of nitrogens with one attached hydrogen (secondary N) is 1. The normalized spacial score (nSPS) is 12.8. The molecule has 1 unspecified atom stereocenters. The number of hydrogen-bond donors (Lipinski definition) is 2. The molecule has 0 aromatic heterocycles. The van der Waals surface area contributed by atoms with Gasteiger partial charge in [-0.25, -0.2) is 0 Å². The van der Waals surface area contributed by atoms with Crippen LogP contribution in [0.5, 0.6) is 0 Å². The van der Waals surface area contributed by atoms with Crippen LogP contribution in [0.15, 0.2) is 29.2 Å². The quantitative estimate of drug-likeness (QED) is 0.728. The summed E-state index contributed by atoms with van der Waals surface area (Å²) in [6.45, 7) is 3.68. The molecule has 14 heavy (non-hydrogen) atoms. The molecule has 0 radical (unpaired) electrons. The SMILES string of the molecule is CSc1ccccc1CNC(C)CN. The van der Waals surface area contributed by atoms with Crippen molar-refractivity contribution in [2.45, 2.75) is 24.4 Å². The van der Waals surface area contributed by atoms with E-state index >= 15 is 0 Å². The van der Waals surface area contributed by atoms with E-state index in [0.29, 0.717) is 12.6 Å². The molecule has 1 rings (SSSR count). The van der Waals surface area contributed by atoms with Crippen molar-refractivity contribution in [3.05, 3.63) is 29.8 Å². The minimum absolute atomic E-state index is 0.380. The second-order valence-corrected chi connectivity index (χ2v) is 4.18. The molecule has 0 fully saturated rings. The second-order valence-electron chi connectivity index (χ2n) is 3.33. The zero-order valence-corrected chi connectivity index (χ0v) is 9.60. The maximum absolute atomic E-state index is 5.54. The Balaban J connectivity index is 2.57. The van der Waals surface area contributed by atoms with Crippen LogP contribution >= 0.6 is 11.8 Å². The maximum Gasteiger partial charge on any atom is 0.0219 e. The summed E-state index contributed by atoms with van der Waals surface area (Å²) < 4.78 is 0. The third kappa shape index (κ3) is 3.33. The molecule has 2 nitrogen and oxygen atoms in total. The predicted octanol–water partition coefficient (Wildman–Crippen LogP) is 1.85. The van der Waals surface area contributed by atoms with Crippen LogP contribution in [0, 0.1) is 0 Å². The van der Waals surface area contributed by atoms with Crippen molar-refractivity contribution in [2.24, 2.45) is 5.73 Å². The van der Waals surface area contributed by atoms with Crippen LogP contribution < -0.4 is 11.1 Å². The van der Waals surface area contributed by atoms with Crippen molar-refractivity contribution in [3.63, 3.8) is 0 Å². The van der Waals surface area contributed by atoms with E-state index in [0.717, 1.165) is 6.54 Å². The Morgan fingerprint density at radius 3 is 2.79 bits per heavy atom. The smallest absolute Gasteiger partial charge is 0.0219 e. The molecule has 0 saturated heterocycles. The van der Waals surface area contributed by atoms with Gasteiger partial charge in [0.05, 0.1) is 0 Å². The number of thioether (sulfide) groups is 1. The second kappa shape index (κ2) is 6.06. The lowest BCUT2D eigenvalue weighted by Crippen LogP contribution is -2.32. The van der Waals surface area contributed by atoms with Crippen molar-refractivity contribution in [1.82, 2.24) is 5.32 Å². The Bertz CT molecular complexity index is 276. The minimum atomic E-state index is 0.380. The average molecular weight is 210 g/mol. The molecule has 0 aliphatic rings. The van der Waals surface area contributed by atoms with Crippen molar-refractivity contribution >= 4 is 11.8 Å². The number of rotatable bonds is 5. The van der Waals surface area contributed by atoms with Crippen LogP contribution in [0.2, 0.25) is 0 Å². The molecule has 0 bridgehead atoms. The molecule has 1 aromatic carbocycles. The summed E-state index contributed by atoms with van der Waals surface area (Å²) in [5.74, 6) is 0. The summed E-state index contributed by atoms with van der Waals surface area (Å²) >= 11 is 1.78. The first-order chi connectivity index (χ1) is 6.77. The number of nitrogens with two attached hydrogens (primary N) is 1. The van der Waals surface area contributed by atoms with Crippen LogP contribution in [-0.2, 0) is 6.54 Å². The topological polar surface area (TPSA) is 38.0 Å². The summed E-state index contributed by atoms with van der Waals surface area (Å²) in [5, 5.41) is 3.38. The Morgan fingerprint density at radius 1 is 1.43 bits per heavy atom. The Labute approximate surface area is 90.3 Å². The van der Waals surface area contributed by atoms with E-state index < -0.39 is 0 Å². The predicted molar refractivity (Wildman–Crippen MR) is 63.6 cm³/mol. The first kappa shape index (κ1) is 11.6. The maximum atomic E-state index is 5.54. The van der Waals surface area contributed by atoms with E-state index in [9.17, 15) is 0 Å². The van der Waals surface area contributed by atoms with Crippen LogP contribution in [-0.4, -0.2) is 18.8 Å². The van der Waals surface area contributed by atoms with Gasteiger partial charge in [0.25, 0.3) is 0 Å². The van der Waals surface area contributed by atoms with Crippen molar-refractivity contribution in [1.29, 1.82) is 0 Å². The first-order valence-electron chi connectivity index (χ1n) is 4.83. The van der Waals surface area contributed by atoms with E-state index in [1.54, 1.807) is 11.8 Å². The van der Waals surface area contributed by atoms with Gasteiger partial charge in [0.2, 0.25) is 0 Å². The van der Waals surface area contributed by atoms with Crippen molar-refractivity contribution < 1.29 is 0 Å². The molecular formula is C11H18N2S. The van der Waals surface area contributed by atoms with Gasteiger partial charge in [-0.2, -0.15) is 0 Å². The molecule has 3 heteroatoms. The highest BCUT2D eigenvalue weighted by Gasteiger charge is 2.02. The van der Waals surface area contributed by atoms with Gasteiger partial charge in [0.15, 0.2) is 0 Å². The highest BCUT2D eigenvalue weighted by molar-refractivity contribution is 7.98. The highest BCUT2D eigenvalue weighted by atomic mass is 32.2. The number of hydrogen-bond acceptors (Lipinski definition) is 3. The lowest BCUT2D eigenvalue weighted by atomic mass is 10.2. The van der Waals surface area contributed by atoms with Gasteiger partial charge in [0, 0.05) is 24.0 Å². The zero-order valence-electron chi connectivity index (χ0n) is 8.79. The van der Waals surface area contributed by atoms with Crippen molar-refractivity contribution in [3.8, 4) is 0 Å². The zero-order chi connectivity index (χ0) is 10.4. The van der Waals surface area contributed by atoms with Gasteiger partial charge in [-0.1, -0.05) is 18.2 Å². The third-order valence-corrected chi connectivity index (χ3v) is 3.03. The third-order valence-electron chi connectivity index (χ3n) is 2.19. The molecule has 1 atom stereocenters. The summed E-state index contributed by atoms with van der Waals surface area (Å²) in [5.41, 5.74) is 6.89. The fourth-order valence-corrected chi connectivity index (χ4v) is 1.83. The lowest BCUT2D eigenvalue weighted by Gasteiger charge is -2.13. The van der Waals surface area contributed by atoms with Crippen LogP contribution in [0.25, 0.3) is 0 Å². The van der Waals surface area contributed by atoms with E-state index in [4.69, 9.17) is 5.73 Å². The Hall–Kier alpha value is -0.510. The van der Waals surface area contributed by atoms with Gasteiger partial charge < -0.3 is 11.1 Å². The Morgan fingerprint density at radius 2 is 2.14 bits per heavy atom. The van der Waals surface area contributed by atoms with Gasteiger partial charge in [0.1, 0.15) is 0 Å². The highest BCUT2D eigenvalue weighted by Crippen LogP contribution is 2.19. The molecule has 0 amide bonds. The molecule has 0 saturated carbocycles. The molecule has 0 aliphatic heterocycles. The van der Waals surface area contributed by atoms with E-state index in [-0.39, 0.29) is 0 Å². The average Bonchev–Trinajstić information content (AvgIpc) is 2.26. The lowest BCUT2D eigenvalue weighted by molar-refractivity contribution is 0.553. The fraction of sp³-hybridized carbons (Fsp3) is 0.455. The van der Waals surface area contributed by atoms with Crippen LogP contribution in [0.4, 0.5) is 0 Å². The Kier molecular flexibility index (Phi) is 5.01. The van der Waals surface area contributed by atoms with Crippen molar-refractivity contribution in [2.75, 3.05) is 12.8 Å². The summed E-state index contributed by atoms with van der Waals surface area (Å²) in [7, 11) is 0. The summed E-state index contributed by atoms with van der Waals surface area (Å²) in [6.07, 6.45) is 2.10. The largest absolute Gasteiger partial charge is 0.329 e. The molecule has 1 aromatic rings. The van der Waals surface area contributed by atoms with Gasteiger partial charge in [-0.15, -0.1) is 11.8 Å². The van der Waals surface area contributed by atoms with Gasteiger partial charge in [-0.3, -0.25) is 0 Å². The fourth-order valence-electron chi connectivity index (χ4n) is 1.22. The van der Waals surface area contributed by atoms with E-state index in [2.05, 4.69) is 42.8 Å². The van der Waals surface area contributed by atoms with E-state index in [1.807, 2.05) is 0 Å². The van der Waals surface area contributed by atoms with E-state index in [1.165, 1.54) is 10.5 Å². The summed E-state index contributed by atoms with van der Waals surface area (Å²) in [6, 6.07) is 8.83. The molecule has 0 spiro atoms. The molecule has 0 heterocycles. The number of benzene rings is 1. The molecule has 78 valence electrons. The first-order valence-corrected chi connectivity index (χ1v) is 6.05. The van der Waals surface area contributed by atoms with Crippen LogP contribution in [0.1, 0.15) is 12.5 Å². The monoisotopic (exact) mass is 210 g/mol. The molecule has 3 N–H and O–H groups in total. The summed E-state index contributed by atoms with van der Waals surface area (Å²) in [4.78, 5) is 1.34. The standard InChI is InChI=1S/C11H18N2S/c1-9(7-12)13-8-10-5-3-4-6-11(10)14-2/h3-6,9,13H,7-8,12H2,1-2H3.